The maximum absolute atomic E-state index is 12.3. The van der Waals surface area contributed by atoms with Crippen LogP contribution in [0.3, 0.4) is 0 Å². The van der Waals surface area contributed by atoms with Gasteiger partial charge in [-0.3, -0.25) is 4.79 Å². The molecule has 0 aliphatic heterocycles. The summed E-state index contributed by atoms with van der Waals surface area (Å²) in [5.74, 6) is -0.0585. The van der Waals surface area contributed by atoms with Crippen LogP contribution in [0.4, 0.5) is 5.00 Å². The first kappa shape index (κ1) is 12.6. The third kappa shape index (κ3) is 2.13. The second-order valence-corrected chi connectivity index (χ2v) is 6.66. The van der Waals surface area contributed by atoms with Gasteiger partial charge in [0.1, 0.15) is 5.00 Å². The molecule has 21 heavy (non-hydrogen) atoms. The molecule has 1 amide bonds. The van der Waals surface area contributed by atoms with Crippen LogP contribution in [0.15, 0.2) is 60.0 Å². The van der Waals surface area contributed by atoms with E-state index in [1.165, 1.54) is 15.5 Å². The van der Waals surface area contributed by atoms with E-state index < -0.39 is 0 Å². The highest BCUT2D eigenvalue weighted by atomic mass is 32.1. The summed E-state index contributed by atoms with van der Waals surface area (Å²) in [7, 11) is 0. The van der Waals surface area contributed by atoms with E-state index in [1.807, 2.05) is 42.5 Å². The Bertz CT molecular complexity index is 937. The van der Waals surface area contributed by atoms with Gasteiger partial charge in [0.05, 0.1) is 4.70 Å². The lowest BCUT2D eigenvalue weighted by molar-refractivity contribution is 0.102. The molecule has 2 aromatic heterocycles. The summed E-state index contributed by atoms with van der Waals surface area (Å²) in [6, 6.07) is 17.6. The summed E-state index contributed by atoms with van der Waals surface area (Å²) in [4.78, 5) is 12.3. The van der Waals surface area contributed by atoms with Crippen molar-refractivity contribution in [3.8, 4) is 0 Å². The van der Waals surface area contributed by atoms with Crippen molar-refractivity contribution in [3.63, 3.8) is 0 Å². The van der Waals surface area contributed by atoms with Gasteiger partial charge in [-0.05, 0) is 18.2 Å². The quantitative estimate of drug-likeness (QED) is 0.530. The van der Waals surface area contributed by atoms with Crippen molar-refractivity contribution in [3.05, 3.63) is 65.5 Å². The highest BCUT2D eigenvalue weighted by Gasteiger charge is 2.13. The molecule has 0 saturated carbocycles. The number of anilines is 1. The van der Waals surface area contributed by atoms with Gasteiger partial charge < -0.3 is 5.32 Å². The maximum atomic E-state index is 12.3. The Kier molecular flexibility index (Phi) is 2.98. The van der Waals surface area contributed by atoms with E-state index in [0.29, 0.717) is 5.56 Å². The van der Waals surface area contributed by atoms with Gasteiger partial charge in [-0.2, -0.15) is 0 Å². The molecule has 2 aromatic carbocycles. The van der Waals surface area contributed by atoms with Crippen molar-refractivity contribution >= 4 is 53.8 Å². The Morgan fingerprint density at radius 2 is 1.67 bits per heavy atom. The number of fused-ring (bicyclic) bond motifs is 3. The fourth-order valence-electron chi connectivity index (χ4n) is 2.37. The predicted molar refractivity (Wildman–Crippen MR) is 91.6 cm³/mol. The highest BCUT2D eigenvalue weighted by molar-refractivity contribution is 7.31. The van der Waals surface area contributed by atoms with Gasteiger partial charge in [-0.15, -0.1) is 22.7 Å². The fourth-order valence-corrected chi connectivity index (χ4v) is 4.64. The standard InChI is InChI=1S/C17H11NOS2/c19-16(11-6-2-1-3-7-11)18-17-15-13(10-20-17)12-8-4-5-9-14(12)21-15/h1-10H,(H,18,19). The monoisotopic (exact) mass is 309 g/mol. The van der Waals surface area contributed by atoms with E-state index in [0.717, 1.165) is 9.70 Å². The average molecular weight is 309 g/mol. The Hall–Kier alpha value is -2.17. The zero-order valence-corrected chi connectivity index (χ0v) is 12.6. The van der Waals surface area contributed by atoms with Crippen LogP contribution in [0.5, 0.6) is 0 Å². The summed E-state index contributed by atoms with van der Waals surface area (Å²) in [5.41, 5.74) is 0.681. The molecular formula is C17H11NOS2. The molecule has 0 radical (unpaired) electrons. The second kappa shape index (κ2) is 4.98. The van der Waals surface area contributed by atoms with Crippen molar-refractivity contribution in [1.82, 2.24) is 0 Å². The van der Waals surface area contributed by atoms with Gasteiger partial charge in [0.25, 0.3) is 5.91 Å². The van der Waals surface area contributed by atoms with E-state index in [1.54, 1.807) is 22.7 Å². The van der Waals surface area contributed by atoms with Gasteiger partial charge in [0.2, 0.25) is 0 Å². The topological polar surface area (TPSA) is 29.1 Å². The summed E-state index contributed by atoms with van der Waals surface area (Å²) in [6.07, 6.45) is 0. The molecule has 0 fully saturated rings. The van der Waals surface area contributed by atoms with Gasteiger partial charge in [0.15, 0.2) is 0 Å². The number of thiophene rings is 2. The lowest BCUT2D eigenvalue weighted by Gasteiger charge is -2.02. The van der Waals surface area contributed by atoms with Crippen LogP contribution in [0.2, 0.25) is 0 Å². The van der Waals surface area contributed by atoms with Crippen molar-refractivity contribution < 1.29 is 4.79 Å². The number of hydrogen-bond acceptors (Lipinski definition) is 3. The normalized spacial score (nSPS) is 11.0. The lowest BCUT2D eigenvalue weighted by Crippen LogP contribution is -2.10. The van der Waals surface area contributed by atoms with Crippen LogP contribution in [0, 0.1) is 0 Å². The SMILES string of the molecule is O=C(Nc1scc2c1sc1ccccc12)c1ccccc1. The first-order chi connectivity index (χ1) is 10.3. The minimum Gasteiger partial charge on any atom is -0.312 e. The Morgan fingerprint density at radius 3 is 2.52 bits per heavy atom. The lowest BCUT2D eigenvalue weighted by atomic mass is 10.2. The predicted octanol–water partition coefficient (Wildman–Crippen LogP) is 5.37. The molecule has 0 spiro atoms. The van der Waals surface area contributed by atoms with Gasteiger partial charge in [-0.1, -0.05) is 36.4 Å². The zero-order chi connectivity index (χ0) is 14.2. The van der Waals surface area contributed by atoms with Gasteiger partial charge >= 0.3 is 0 Å². The summed E-state index contributed by atoms with van der Waals surface area (Å²) in [5, 5.41) is 8.57. The number of amides is 1. The van der Waals surface area contributed by atoms with Crippen molar-refractivity contribution in [1.29, 1.82) is 0 Å². The molecule has 0 saturated heterocycles. The van der Waals surface area contributed by atoms with Gasteiger partial charge in [-0.25, -0.2) is 0 Å². The molecule has 2 heterocycles. The van der Waals surface area contributed by atoms with Gasteiger partial charge in [0, 0.05) is 26.4 Å². The van der Waals surface area contributed by atoms with Crippen LogP contribution < -0.4 is 5.32 Å². The molecule has 102 valence electrons. The van der Waals surface area contributed by atoms with Crippen molar-refractivity contribution in [2.45, 2.75) is 0 Å². The third-order valence-corrected chi connectivity index (χ3v) is 5.63. The van der Waals surface area contributed by atoms with Crippen LogP contribution in [0.25, 0.3) is 20.2 Å². The number of carbonyl (C=O) groups excluding carboxylic acids is 1. The number of benzene rings is 2. The van der Waals surface area contributed by atoms with E-state index in [-0.39, 0.29) is 5.91 Å². The average Bonchev–Trinajstić information content (AvgIpc) is 3.08. The number of nitrogens with one attached hydrogen (secondary N) is 1. The molecular weight excluding hydrogens is 298 g/mol. The molecule has 0 unspecified atom stereocenters. The molecule has 4 rings (SSSR count). The third-order valence-electron chi connectivity index (χ3n) is 3.40. The summed E-state index contributed by atoms with van der Waals surface area (Å²) >= 11 is 3.31. The zero-order valence-electron chi connectivity index (χ0n) is 11.0. The maximum Gasteiger partial charge on any atom is 0.256 e. The Morgan fingerprint density at radius 1 is 0.905 bits per heavy atom. The van der Waals surface area contributed by atoms with Crippen LogP contribution in [-0.2, 0) is 0 Å². The van der Waals surface area contributed by atoms with E-state index in [2.05, 4.69) is 22.8 Å². The second-order valence-electron chi connectivity index (χ2n) is 4.73. The highest BCUT2D eigenvalue weighted by Crippen LogP contribution is 2.42. The molecule has 0 aliphatic rings. The van der Waals surface area contributed by atoms with E-state index >= 15 is 0 Å². The van der Waals surface area contributed by atoms with E-state index in [4.69, 9.17) is 0 Å². The van der Waals surface area contributed by atoms with E-state index in [9.17, 15) is 4.79 Å². The smallest absolute Gasteiger partial charge is 0.256 e. The molecule has 4 aromatic rings. The molecule has 4 heteroatoms. The first-order valence-electron chi connectivity index (χ1n) is 6.58. The minimum absolute atomic E-state index is 0.0585. The first-order valence-corrected chi connectivity index (χ1v) is 8.28. The molecule has 1 N–H and O–H groups in total. The number of hydrogen-bond donors (Lipinski definition) is 1. The Balaban J connectivity index is 1.76. The van der Waals surface area contributed by atoms with Crippen molar-refractivity contribution in [2.24, 2.45) is 0 Å². The molecule has 0 bridgehead atoms. The van der Waals surface area contributed by atoms with Crippen molar-refractivity contribution in [2.75, 3.05) is 5.32 Å². The number of rotatable bonds is 2. The summed E-state index contributed by atoms with van der Waals surface area (Å²) < 4.78 is 2.41. The minimum atomic E-state index is -0.0585. The molecule has 2 nitrogen and oxygen atoms in total. The van der Waals surface area contributed by atoms with Crippen LogP contribution in [0.1, 0.15) is 10.4 Å². The Labute approximate surface area is 129 Å². The van der Waals surface area contributed by atoms with Crippen LogP contribution >= 0.6 is 22.7 Å². The molecule has 0 atom stereocenters. The number of carbonyl (C=O) groups is 1. The summed E-state index contributed by atoms with van der Waals surface area (Å²) in [6.45, 7) is 0. The van der Waals surface area contributed by atoms with Crippen LogP contribution in [-0.4, -0.2) is 5.91 Å². The molecule has 0 aliphatic carbocycles. The fraction of sp³-hybridized carbons (Fsp3) is 0. The largest absolute Gasteiger partial charge is 0.312 e.